The molecular weight excluding hydrogens is 342 g/mol. The standard InChI is InChI=1S/C22H19NO4/c1-13-7-12-17(21(24)25)19(18(13)22(26)27)14-8-10-16(11-9-14)20(23)15-5-3-2-4-6-15/h2-12,20H,23H2,1H3,(H,24,25)(H,26,27). The van der Waals surface area contributed by atoms with Gasteiger partial charge in [0.2, 0.25) is 0 Å². The van der Waals surface area contributed by atoms with Gasteiger partial charge in [-0.05, 0) is 35.2 Å². The molecule has 0 saturated carbocycles. The zero-order valence-electron chi connectivity index (χ0n) is 14.7. The summed E-state index contributed by atoms with van der Waals surface area (Å²) in [5.41, 5.74) is 9.30. The van der Waals surface area contributed by atoms with Crippen LogP contribution < -0.4 is 5.73 Å². The number of hydrogen-bond donors (Lipinski definition) is 3. The molecule has 0 aromatic heterocycles. The summed E-state index contributed by atoms with van der Waals surface area (Å²) >= 11 is 0. The van der Waals surface area contributed by atoms with E-state index in [4.69, 9.17) is 5.73 Å². The SMILES string of the molecule is Cc1ccc(C(=O)O)c(-c2ccc(C(N)c3ccccc3)cc2)c1C(=O)O. The largest absolute Gasteiger partial charge is 0.478 e. The number of carbonyl (C=O) groups is 2. The summed E-state index contributed by atoms with van der Waals surface area (Å²) in [6, 6.07) is 19.3. The van der Waals surface area contributed by atoms with Crippen molar-refractivity contribution in [3.05, 3.63) is 94.5 Å². The van der Waals surface area contributed by atoms with Crippen LogP contribution in [0.4, 0.5) is 0 Å². The van der Waals surface area contributed by atoms with E-state index in [-0.39, 0.29) is 22.7 Å². The smallest absolute Gasteiger partial charge is 0.336 e. The molecule has 0 heterocycles. The van der Waals surface area contributed by atoms with Crippen molar-refractivity contribution < 1.29 is 19.8 Å². The predicted octanol–water partition coefficient (Wildman–Crippen LogP) is 4.11. The van der Waals surface area contributed by atoms with E-state index in [9.17, 15) is 19.8 Å². The third-order valence-electron chi connectivity index (χ3n) is 4.58. The van der Waals surface area contributed by atoms with E-state index >= 15 is 0 Å². The molecule has 1 atom stereocenters. The number of aryl methyl sites for hydroxylation is 1. The molecule has 3 aromatic rings. The quantitative estimate of drug-likeness (QED) is 0.635. The Kier molecular flexibility index (Phi) is 5.05. The van der Waals surface area contributed by atoms with Crippen LogP contribution in [0.1, 0.15) is 43.4 Å². The lowest BCUT2D eigenvalue weighted by Gasteiger charge is -2.16. The molecule has 0 fully saturated rings. The normalized spacial score (nSPS) is 11.8. The first-order valence-electron chi connectivity index (χ1n) is 8.41. The topological polar surface area (TPSA) is 101 Å². The highest BCUT2D eigenvalue weighted by Gasteiger charge is 2.22. The molecule has 27 heavy (non-hydrogen) atoms. The molecular formula is C22H19NO4. The zero-order chi connectivity index (χ0) is 19.6. The second kappa shape index (κ2) is 7.43. The zero-order valence-corrected chi connectivity index (χ0v) is 14.7. The maximum Gasteiger partial charge on any atom is 0.336 e. The molecule has 1 unspecified atom stereocenters. The van der Waals surface area contributed by atoms with E-state index in [1.165, 1.54) is 12.1 Å². The Labute approximate surface area is 156 Å². The second-order valence-electron chi connectivity index (χ2n) is 6.30. The van der Waals surface area contributed by atoms with Crippen molar-refractivity contribution in [2.24, 2.45) is 5.73 Å². The number of nitrogens with two attached hydrogens (primary N) is 1. The van der Waals surface area contributed by atoms with Crippen molar-refractivity contribution in [3.8, 4) is 11.1 Å². The van der Waals surface area contributed by atoms with Gasteiger partial charge in [-0.3, -0.25) is 0 Å². The number of hydrogen-bond acceptors (Lipinski definition) is 3. The van der Waals surface area contributed by atoms with Gasteiger partial charge in [0, 0.05) is 5.56 Å². The van der Waals surface area contributed by atoms with Gasteiger partial charge in [-0.1, -0.05) is 60.7 Å². The average molecular weight is 361 g/mol. The Hall–Kier alpha value is -3.44. The van der Waals surface area contributed by atoms with Crippen LogP contribution in [0.25, 0.3) is 11.1 Å². The molecule has 0 amide bonds. The Morgan fingerprint density at radius 3 is 1.96 bits per heavy atom. The predicted molar refractivity (Wildman–Crippen MR) is 103 cm³/mol. The summed E-state index contributed by atoms with van der Waals surface area (Å²) in [6.07, 6.45) is 0. The molecule has 0 saturated heterocycles. The molecule has 0 aliphatic heterocycles. The first-order chi connectivity index (χ1) is 12.9. The highest BCUT2D eigenvalue weighted by atomic mass is 16.4. The number of carboxylic acids is 2. The lowest BCUT2D eigenvalue weighted by molar-refractivity contribution is 0.0695. The van der Waals surface area contributed by atoms with E-state index in [2.05, 4.69) is 0 Å². The number of rotatable bonds is 5. The van der Waals surface area contributed by atoms with Crippen LogP contribution in [0.15, 0.2) is 66.7 Å². The molecule has 0 bridgehead atoms. The van der Waals surface area contributed by atoms with Gasteiger partial charge in [-0.15, -0.1) is 0 Å². The van der Waals surface area contributed by atoms with Gasteiger partial charge in [-0.25, -0.2) is 9.59 Å². The summed E-state index contributed by atoms with van der Waals surface area (Å²) in [5.74, 6) is -2.33. The minimum atomic E-state index is -1.17. The van der Waals surface area contributed by atoms with Crippen LogP contribution in [0, 0.1) is 6.92 Å². The number of aromatic carboxylic acids is 2. The minimum Gasteiger partial charge on any atom is -0.478 e. The van der Waals surface area contributed by atoms with E-state index in [1.807, 2.05) is 30.3 Å². The third kappa shape index (κ3) is 3.59. The fraction of sp³-hybridized carbons (Fsp3) is 0.0909. The molecule has 0 radical (unpaired) electrons. The molecule has 0 spiro atoms. The van der Waals surface area contributed by atoms with Crippen molar-refractivity contribution in [1.82, 2.24) is 0 Å². The van der Waals surface area contributed by atoms with Crippen molar-refractivity contribution in [2.75, 3.05) is 0 Å². The molecule has 0 aliphatic carbocycles. The second-order valence-corrected chi connectivity index (χ2v) is 6.30. The Morgan fingerprint density at radius 1 is 0.815 bits per heavy atom. The number of benzene rings is 3. The summed E-state index contributed by atoms with van der Waals surface area (Å²) < 4.78 is 0. The minimum absolute atomic E-state index is 0.00462. The Morgan fingerprint density at radius 2 is 1.41 bits per heavy atom. The maximum absolute atomic E-state index is 11.7. The van der Waals surface area contributed by atoms with Gasteiger partial charge in [0.15, 0.2) is 0 Å². The van der Waals surface area contributed by atoms with Crippen LogP contribution in [0.3, 0.4) is 0 Å². The van der Waals surface area contributed by atoms with Gasteiger partial charge < -0.3 is 15.9 Å². The molecule has 4 N–H and O–H groups in total. The van der Waals surface area contributed by atoms with Gasteiger partial charge in [-0.2, -0.15) is 0 Å². The molecule has 5 heteroatoms. The van der Waals surface area contributed by atoms with Crippen molar-refractivity contribution in [3.63, 3.8) is 0 Å². The van der Waals surface area contributed by atoms with E-state index in [1.54, 1.807) is 31.2 Å². The monoisotopic (exact) mass is 361 g/mol. The number of carboxylic acid groups (broad SMARTS) is 2. The van der Waals surface area contributed by atoms with Crippen molar-refractivity contribution in [2.45, 2.75) is 13.0 Å². The lowest BCUT2D eigenvalue weighted by atomic mass is 9.90. The summed E-state index contributed by atoms with van der Waals surface area (Å²) in [6.45, 7) is 1.65. The first kappa shape index (κ1) is 18.4. The van der Waals surface area contributed by atoms with Crippen LogP contribution in [-0.4, -0.2) is 22.2 Å². The fourth-order valence-electron chi connectivity index (χ4n) is 3.17. The third-order valence-corrected chi connectivity index (χ3v) is 4.58. The van der Waals surface area contributed by atoms with Crippen LogP contribution in [0.2, 0.25) is 0 Å². The Bertz CT molecular complexity index is 995. The molecule has 136 valence electrons. The van der Waals surface area contributed by atoms with Gasteiger partial charge in [0.05, 0.1) is 17.2 Å². The van der Waals surface area contributed by atoms with E-state index in [0.717, 1.165) is 11.1 Å². The van der Waals surface area contributed by atoms with Crippen molar-refractivity contribution >= 4 is 11.9 Å². The lowest BCUT2D eigenvalue weighted by Crippen LogP contribution is -2.12. The highest BCUT2D eigenvalue weighted by Crippen LogP contribution is 2.32. The van der Waals surface area contributed by atoms with Crippen LogP contribution in [-0.2, 0) is 0 Å². The van der Waals surface area contributed by atoms with E-state index in [0.29, 0.717) is 11.1 Å². The van der Waals surface area contributed by atoms with Gasteiger partial charge >= 0.3 is 11.9 Å². The fourth-order valence-corrected chi connectivity index (χ4v) is 3.17. The molecule has 0 aliphatic rings. The molecule has 3 rings (SSSR count). The summed E-state index contributed by atoms with van der Waals surface area (Å²) in [5, 5.41) is 19.1. The molecule has 3 aromatic carbocycles. The first-order valence-corrected chi connectivity index (χ1v) is 8.41. The highest BCUT2D eigenvalue weighted by molar-refractivity contribution is 6.05. The van der Waals surface area contributed by atoms with Gasteiger partial charge in [0.1, 0.15) is 0 Å². The Balaban J connectivity index is 2.09. The van der Waals surface area contributed by atoms with Crippen LogP contribution in [0.5, 0.6) is 0 Å². The summed E-state index contributed by atoms with van der Waals surface area (Å²) in [4.78, 5) is 23.4. The maximum atomic E-state index is 11.7. The summed E-state index contributed by atoms with van der Waals surface area (Å²) in [7, 11) is 0. The van der Waals surface area contributed by atoms with E-state index < -0.39 is 11.9 Å². The van der Waals surface area contributed by atoms with Crippen LogP contribution >= 0.6 is 0 Å². The van der Waals surface area contributed by atoms with Crippen molar-refractivity contribution in [1.29, 1.82) is 0 Å². The molecule has 5 nitrogen and oxygen atoms in total. The average Bonchev–Trinajstić information content (AvgIpc) is 2.67. The van der Waals surface area contributed by atoms with Gasteiger partial charge in [0.25, 0.3) is 0 Å².